The van der Waals surface area contributed by atoms with Crippen LogP contribution >= 0.6 is 0 Å². The molecule has 0 aliphatic carbocycles. The molecule has 2 rings (SSSR count). The number of carbonyl (C=O) groups is 2. The number of nitrogens with zero attached hydrogens (tertiary/aromatic N) is 1. The lowest BCUT2D eigenvalue weighted by Gasteiger charge is -2.25. The van der Waals surface area contributed by atoms with E-state index < -0.39 is 12.0 Å². The number of hydrogen-bond acceptors (Lipinski definition) is 3. The van der Waals surface area contributed by atoms with Crippen molar-refractivity contribution in [3.05, 3.63) is 71.8 Å². The summed E-state index contributed by atoms with van der Waals surface area (Å²) in [6.45, 7) is 0.974. The average Bonchev–Trinajstić information content (AvgIpc) is 2.66. The highest BCUT2D eigenvalue weighted by Gasteiger charge is 2.26. The topological polar surface area (TPSA) is 66.8 Å². The van der Waals surface area contributed by atoms with E-state index in [4.69, 9.17) is 4.74 Å². The predicted octanol–water partition coefficient (Wildman–Crippen LogP) is 3.14. The molecule has 0 saturated carbocycles. The lowest BCUT2D eigenvalue weighted by atomic mass is 10.0. The van der Waals surface area contributed by atoms with Gasteiger partial charge >= 0.3 is 5.97 Å². The largest absolute Gasteiger partial charge is 0.480 e. The fourth-order valence-electron chi connectivity index (χ4n) is 2.67. The van der Waals surface area contributed by atoms with Gasteiger partial charge in [0, 0.05) is 26.5 Å². The molecule has 1 N–H and O–H groups in total. The number of likely N-dealkylation sites (N-methyl/N-ethyl adjacent to an activating group) is 1. The fraction of sp³-hybridized carbons (Fsp3) is 0.333. The number of carbonyl (C=O) groups excluding carboxylic acids is 1. The maximum atomic E-state index is 12.3. The van der Waals surface area contributed by atoms with E-state index in [2.05, 4.69) is 0 Å². The fourth-order valence-corrected chi connectivity index (χ4v) is 2.67. The van der Waals surface area contributed by atoms with Gasteiger partial charge in [0.2, 0.25) is 5.91 Å². The minimum Gasteiger partial charge on any atom is -0.480 e. The number of rotatable bonds is 10. The van der Waals surface area contributed by atoms with Crippen molar-refractivity contribution in [1.29, 1.82) is 0 Å². The molecule has 1 amide bonds. The third kappa shape index (κ3) is 6.33. The van der Waals surface area contributed by atoms with Gasteiger partial charge in [0.25, 0.3) is 0 Å². The molecule has 0 heterocycles. The molecule has 0 fully saturated rings. The Morgan fingerprint density at radius 1 is 1.00 bits per heavy atom. The van der Waals surface area contributed by atoms with Crippen LogP contribution < -0.4 is 0 Å². The van der Waals surface area contributed by atoms with E-state index in [-0.39, 0.29) is 12.3 Å². The minimum absolute atomic E-state index is 0.184. The Morgan fingerprint density at radius 2 is 1.58 bits per heavy atom. The molecule has 0 bridgehead atoms. The highest BCUT2D eigenvalue weighted by molar-refractivity contribution is 5.83. The van der Waals surface area contributed by atoms with Crippen molar-refractivity contribution in [3.8, 4) is 0 Å². The lowest BCUT2D eigenvalue weighted by molar-refractivity contribution is -0.149. The van der Waals surface area contributed by atoms with Gasteiger partial charge in [0.05, 0.1) is 6.61 Å². The van der Waals surface area contributed by atoms with E-state index in [0.29, 0.717) is 26.1 Å². The molecule has 0 radical (unpaired) electrons. The van der Waals surface area contributed by atoms with Gasteiger partial charge < -0.3 is 14.7 Å². The van der Waals surface area contributed by atoms with Crippen molar-refractivity contribution in [2.75, 3.05) is 13.7 Å². The van der Waals surface area contributed by atoms with Gasteiger partial charge in [0.1, 0.15) is 6.04 Å². The second-order valence-electron chi connectivity index (χ2n) is 6.19. The number of hydrogen-bond donors (Lipinski definition) is 1. The highest BCUT2D eigenvalue weighted by atomic mass is 16.5. The number of benzene rings is 2. The first kappa shape index (κ1) is 19.7. The molecular weight excluding hydrogens is 330 g/mol. The van der Waals surface area contributed by atoms with Crippen molar-refractivity contribution < 1.29 is 19.4 Å². The Kier molecular flexibility index (Phi) is 7.83. The van der Waals surface area contributed by atoms with Crippen LogP contribution in [0.25, 0.3) is 0 Å². The SMILES string of the molecule is CN(C(=O)CCCOCc1ccccc1)[C@H](Cc1ccccc1)C(=O)O. The normalized spacial score (nSPS) is 11.7. The van der Waals surface area contributed by atoms with Gasteiger partial charge in [-0.05, 0) is 17.5 Å². The molecule has 0 aliphatic rings. The second-order valence-corrected chi connectivity index (χ2v) is 6.19. The van der Waals surface area contributed by atoms with Gasteiger partial charge in [-0.2, -0.15) is 0 Å². The Labute approximate surface area is 154 Å². The van der Waals surface area contributed by atoms with Gasteiger partial charge in [-0.25, -0.2) is 4.79 Å². The maximum absolute atomic E-state index is 12.3. The number of carboxylic acid groups (broad SMARTS) is 1. The first-order chi connectivity index (χ1) is 12.6. The molecule has 5 nitrogen and oxygen atoms in total. The van der Waals surface area contributed by atoms with Gasteiger partial charge in [-0.3, -0.25) is 4.79 Å². The summed E-state index contributed by atoms with van der Waals surface area (Å²) in [4.78, 5) is 25.2. The van der Waals surface area contributed by atoms with E-state index in [1.165, 1.54) is 4.90 Å². The van der Waals surface area contributed by atoms with Crippen molar-refractivity contribution in [3.63, 3.8) is 0 Å². The summed E-state index contributed by atoms with van der Waals surface area (Å²) < 4.78 is 5.57. The van der Waals surface area contributed by atoms with Crippen LogP contribution in [0.4, 0.5) is 0 Å². The average molecular weight is 355 g/mol. The molecule has 0 aromatic heterocycles. The number of aliphatic carboxylic acids is 1. The number of carboxylic acids is 1. The Balaban J connectivity index is 1.76. The van der Waals surface area contributed by atoms with Crippen LogP contribution in [-0.4, -0.2) is 41.6 Å². The highest BCUT2D eigenvalue weighted by Crippen LogP contribution is 2.10. The van der Waals surface area contributed by atoms with E-state index in [1.54, 1.807) is 7.05 Å². The van der Waals surface area contributed by atoms with Crippen molar-refractivity contribution in [1.82, 2.24) is 4.90 Å². The quantitative estimate of drug-likeness (QED) is 0.665. The van der Waals surface area contributed by atoms with E-state index in [0.717, 1.165) is 11.1 Å². The molecule has 2 aromatic rings. The summed E-state index contributed by atoms with van der Waals surface area (Å²) in [6.07, 6.45) is 1.13. The zero-order valence-electron chi connectivity index (χ0n) is 15.0. The summed E-state index contributed by atoms with van der Waals surface area (Å²) in [5.74, 6) is -1.18. The molecule has 138 valence electrons. The summed E-state index contributed by atoms with van der Waals surface area (Å²) in [6, 6.07) is 18.3. The first-order valence-electron chi connectivity index (χ1n) is 8.72. The summed E-state index contributed by atoms with van der Waals surface area (Å²) in [5.41, 5.74) is 1.98. The molecule has 0 saturated heterocycles. The summed E-state index contributed by atoms with van der Waals surface area (Å²) in [5, 5.41) is 9.47. The smallest absolute Gasteiger partial charge is 0.326 e. The Morgan fingerprint density at radius 3 is 2.15 bits per heavy atom. The second kappa shape index (κ2) is 10.4. The molecule has 2 aromatic carbocycles. The van der Waals surface area contributed by atoms with Crippen LogP contribution in [-0.2, 0) is 27.4 Å². The zero-order chi connectivity index (χ0) is 18.8. The predicted molar refractivity (Wildman–Crippen MR) is 99.7 cm³/mol. The molecule has 26 heavy (non-hydrogen) atoms. The van der Waals surface area contributed by atoms with Crippen LogP contribution in [0, 0.1) is 0 Å². The van der Waals surface area contributed by atoms with Gasteiger partial charge in [0.15, 0.2) is 0 Å². The third-order valence-corrected chi connectivity index (χ3v) is 4.21. The maximum Gasteiger partial charge on any atom is 0.326 e. The van der Waals surface area contributed by atoms with E-state index in [1.807, 2.05) is 60.7 Å². The molecule has 0 unspecified atom stereocenters. The summed E-state index contributed by atoms with van der Waals surface area (Å²) >= 11 is 0. The van der Waals surface area contributed by atoms with Gasteiger partial charge in [-0.15, -0.1) is 0 Å². The minimum atomic E-state index is -0.995. The molecule has 0 spiro atoms. The molecular formula is C21H25NO4. The van der Waals surface area contributed by atoms with E-state index in [9.17, 15) is 14.7 Å². The first-order valence-corrected chi connectivity index (χ1v) is 8.72. The van der Waals surface area contributed by atoms with Crippen LogP contribution in [0.15, 0.2) is 60.7 Å². The molecule has 5 heteroatoms. The standard InChI is InChI=1S/C21H25NO4/c1-22(19(21(24)25)15-17-9-4-2-5-10-17)20(23)13-8-14-26-16-18-11-6-3-7-12-18/h2-7,9-12,19H,8,13-16H2,1H3,(H,24,25)/t19-/m1/s1. The Hall–Kier alpha value is -2.66. The van der Waals surface area contributed by atoms with Gasteiger partial charge in [-0.1, -0.05) is 60.7 Å². The lowest BCUT2D eigenvalue weighted by Crippen LogP contribution is -2.43. The van der Waals surface area contributed by atoms with Crippen molar-refractivity contribution in [2.45, 2.75) is 31.9 Å². The zero-order valence-corrected chi connectivity index (χ0v) is 15.0. The van der Waals surface area contributed by atoms with E-state index >= 15 is 0 Å². The van der Waals surface area contributed by atoms with Crippen LogP contribution in [0.5, 0.6) is 0 Å². The van der Waals surface area contributed by atoms with Crippen molar-refractivity contribution in [2.24, 2.45) is 0 Å². The monoisotopic (exact) mass is 355 g/mol. The van der Waals surface area contributed by atoms with Crippen LogP contribution in [0.2, 0.25) is 0 Å². The van der Waals surface area contributed by atoms with Crippen LogP contribution in [0.3, 0.4) is 0 Å². The van der Waals surface area contributed by atoms with Crippen LogP contribution in [0.1, 0.15) is 24.0 Å². The Bertz CT molecular complexity index is 688. The molecule has 1 atom stereocenters. The van der Waals surface area contributed by atoms with Crippen molar-refractivity contribution >= 4 is 11.9 Å². The third-order valence-electron chi connectivity index (χ3n) is 4.21. The summed E-state index contributed by atoms with van der Waals surface area (Å²) in [7, 11) is 1.55. The molecule has 0 aliphatic heterocycles. The number of amides is 1. The number of ether oxygens (including phenoxy) is 1.